The van der Waals surface area contributed by atoms with Gasteiger partial charge in [-0.2, -0.15) is 0 Å². The molecule has 3 rings (SSSR count). The van der Waals surface area contributed by atoms with Crippen molar-refractivity contribution in [3.8, 4) is 0 Å². The van der Waals surface area contributed by atoms with Crippen LogP contribution in [0.1, 0.15) is 51.0 Å². The predicted octanol–water partition coefficient (Wildman–Crippen LogP) is 2.51. The molecule has 1 atom stereocenters. The molecule has 0 bridgehead atoms. The summed E-state index contributed by atoms with van der Waals surface area (Å²) >= 11 is 0. The third-order valence-corrected chi connectivity index (χ3v) is 5.46. The summed E-state index contributed by atoms with van der Waals surface area (Å²) in [6.07, 6.45) is 2.56. The number of amides is 4. The topological polar surface area (TPSA) is 105 Å². The lowest BCUT2D eigenvalue weighted by Crippen LogP contribution is -2.44. The molecule has 1 aromatic carbocycles. The van der Waals surface area contributed by atoms with Gasteiger partial charge in [-0.15, -0.1) is 0 Å². The fraction of sp³-hybridized carbons (Fsp3) is 0.524. The number of anilines is 1. The normalized spacial score (nSPS) is 18.6. The molecule has 2 fully saturated rings. The minimum Gasteiger partial charge on any atom is -0.453 e. The number of hydrogen-bond donors (Lipinski definition) is 2. The summed E-state index contributed by atoms with van der Waals surface area (Å²) in [6.45, 7) is 3.61. The Kier molecular flexibility index (Phi) is 6.20. The highest BCUT2D eigenvalue weighted by atomic mass is 16.5. The average molecular weight is 401 g/mol. The molecule has 0 unspecified atom stereocenters. The predicted molar refractivity (Wildman–Crippen MR) is 106 cm³/mol. The first-order valence-electron chi connectivity index (χ1n) is 10.0. The van der Waals surface area contributed by atoms with Crippen LogP contribution in [0.5, 0.6) is 0 Å². The Hall–Kier alpha value is -2.90. The molecule has 1 saturated heterocycles. The molecule has 1 aliphatic carbocycles. The van der Waals surface area contributed by atoms with Gasteiger partial charge in [0.15, 0.2) is 6.10 Å². The van der Waals surface area contributed by atoms with E-state index in [0.717, 1.165) is 18.4 Å². The van der Waals surface area contributed by atoms with Gasteiger partial charge in [0.1, 0.15) is 5.54 Å². The molecule has 156 valence electrons. The van der Waals surface area contributed by atoms with E-state index < -0.39 is 29.6 Å². The fourth-order valence-corrected chi connectivity index (χ4v) is 3.77. The second kappa shape index (κ2) is 8.63. The fourth-order valence-electron chi connectivity index (χ4n) is 3.77. The van der Waals surface area contributed by atoms with Crippen molar-refractivity contribution in [3.05, 3.63) is 29.8 Å². The second-order valence-electron chi connectivity index (χ2n) is 7.77. The van der Waals surface area contributed by atoms with Crippen LogP contribution in [0.4, 0.5) is 10.5 Å². The largest absolute Gasteiger partial charge is 0.453 e. The van der Waals surface area contributed by atoms with Gasteiger partial charge in [-0.05, 0) is 45.2 Å². The molecule has 0 radical (unpaired) electrons. The van der Waals surface area contributed by atoms with E-state index in [1.165, 1.54) is 11.8 Å². The molecule has 8 heteroatoms. The zero-order chi connectivity index (χ0) is 21.0. The van der Waals surface area contributed by atoms with Crippen LogP contribution in [-0.4, -0.2) is 46.9 Å². The zero-order valence-corrected chi connectivity index (χ0v) is 16.8. The van der Waals surface area contributed by atoms with Crippen LogP contribution in [0.15, 0.2) is 24.3 Å². The summed E-state index contributed by atoms with van der Waals surface area (Å²) in [6, 6.07) is 6.90. The number of rotatable bonds is 7. The first-order chi connectivity index (χ1) is 13.8. The minimum absolute atomic E-state index is 0.0201. The van der Waals surface area contributed by atoms with Crippen molar-refractivity contribution in [1.29, 1.82) is 0 Å². The van der Waals surface area contributed by atoms with Crippen molar-refractivity contribution in [3.63, 3.8) is 0 Å². The Bertz CT molecular complexity index is 799. The molecule has 8 nitrogen and oxygen atoms in total. The van der Waals surface area contributed by atoms with E-state index in [1.807, 2.05) is 19.1 Å². The van der Waals surface area contributed by atoms with Crippen molar-refractivity contribution in [2.75, 3.05) is 11.9 Å². The minimum atomic E-state index is -0.942. The van der Waals surface area contributed by atoms with Gasteiger partial charge in [-0.1, -0.05) is 30.5 Å². The third-order valence-electron chi connectivity index (χ3n) is 5.46. The number of nitrogens with one attached hydrogen (secondary N) is 2. The summed E-state index contributed by atoms with van der Waals surface area (Å²) in [5.41, 5.74) is 0.967. The van der Waals surface area contributed by atoms with Crippen molar-refractivity contribution in [2.24, 2.45) is 0 Å². The lowest BCUT2D eigenvalue weighted by atomic mass is 9.98. The molecule has 2 aliphatic rings. The van der Waals surface area contributed by atoms with E-state index in [0.29, 0.717) is 24.9 Å². The molecule has 1 spiro atoms. The maximum atomic E-state index is 12.6. The Labute approximate surface area is 170 Å². The number of hydrogen-bond acceptors (Lipinski definition) is 5. The smallest absolute Gasteiger partial charge is 0.325 e. The van der Waals surface area contributed by atoms with E-state index in [4.69, 9.17) is 4.74 Å². The van der Waals surface area contributed by atoms with Crippen LogP contribution in [0.3, 0.4) is 0 Å². The lowest BCUT2D eigenvalue weighted by Gasteiger charge is -2.20. The monoisotopic (exact) mass is 401 g/mol. The number of carbonyl (C=O) groups excluding carboxylic acids is 4. The highest BCUT2D eigenvalue weighted by Crippen LogP contribution is 2.35. The van der Waals surface area contributed by atoms with Crippen LogP contribution in [0.2, 0.25) is 0 Å². The summed E-state index contributed by atoms with van der Waals surface area (Å²) in [5, 5.41) is 5.50. The number of urea groups is 1. The number of carbonyl (C=O) groups is 4. The zero-order valence-electron chi connectivity index (χ0n) is 16.8. The van der Waals surface area contributed by atoms with E-state index in [2.05, 4.69) is 10.6 Å². The summed E-state index contributed by atoms with van der Waals surface area (Å²) in [5.74, 6) is -1.15. The standard InChI is InChI=1S/C21H27N3O5/c1-14-7-9-16(10-8-14)22-18(26)15(2)29-17(25)6-5-13-24-19(27)21(23-20(24)28)11-3-4-12-21/h7-10,15H,3-6,11-13H2,1-2H3,(H,22,26)(H,23,28)/t15-/m0/s1. The van der Waals surface area contributed by atoms with Gasteiger partial charge in [0.25, 0.3) is 11.8 Å². The number of imide groups is 1. The second-order valence-corrected chi connectivity index (χ2v) is 7.77. The van der Waals surface area contributed by atoms with Gasteiger partial charge >= 0.3 is 12.0 Å². The van der Waals surface area contributed by atoms with E-state index in [1.54, 1.807) is 12.1 Å². The maximum Gasteiger partial charge on any atom is 0.325 e. The number of nitrogens with zero attached hydrogens (tertiary/aromatic N) is 1. The SMILES string of the molecule is Cc1ccc(NC(=O)[C@H](C)OC(=O)CCCN2C(=O)NC3(CCCC3)C2=O)cc1. The molecule has 1 saturated carbocycles. The van der Waals surface area contributed by atoms with Gasteiger partial charge in [-0.3, -0.25) is 19.3 Å². The number of esters is 1. The molecule has 29 heavy (non-hydrogen) atoms. The van der Waals surface area contributed by atoms with Crippen LogP contribution < -0.4 is 10.6 Å². The van der Waals surface area contributed by atoms with E-state index in [9.17, 15) is 19.2 Å². The van der Waals surface area contributed by atoms with Crippen molar-refractivity contribution in [1.82, 2.24) is 10.2 Å². The Morgan fingerprint density at radius 3 is 2.52 bits per heavy atom. The Morgan fingerprint density at radius 2 is 1.86 bits per heavy atom. The molecular formula is C21H27N3O5. The van der Waals surface area contributed by atoms with Gasteiger partial charge in [-0.25, -0.2) is 4.79 Å². The summed E-state index contributed by atoms with van der Waals surface area (Å²) in [7, 11) is 0. The quantitative estimate of drug-likeness (QED) is 0.540. The van der Waals surface area contributed by atoms with Crippen LogP contribution in [0, 0.1) is 6.92 Å². The van der Waals surface area contributed by atoms with Gasteiger partial charge in [0.2, 0.25) is 0 Å². The Morgan fingerprint density at radius 1 is 1.21 bits per heavy atom. The van der Waals surface area contributed by atoms with Crippen molar-refractivity contribution in [2.45, 2.75) is 64.0 Å². The van der Waals surface area contributed by atoms with Crippen LogP contribution in [-0.2, 0) is 19.1 Å². The number of ether oxygens (including phenoxy) is 1. The number of aryl methyl sites for hydroxylation is 1. The maximum absolute atomic E-state index is 12.6. The number of benzene rings is 1. The molecule has 1 heterocycles. The Balaban J connectivity index is 1.41. The highest BCUT2D eigenvalue weighted by Gasteiger charge is 2.52. The van der Waals surface area contributed by atoms with Crippen LogP contribution in [0.25, 0.3) is 0 Å². The molecule has 0 aromatic heterocycles. The lowest BCUT2D eigenvalue weighted by molar-refractivity contribution is -0.153. The van der Waals surface area contributed by atoms with E-state index in [-0.39, 0.29) is 18.9 Å². The van der Waals surface area contributed by atoms with E-state index >= 15 is 0 Å². The molecule has 1 aliphatic heterocycles. The van der Waals surface area contributed by atoms with Gasteiger partial charge in [0, 0.05) is 18.7 Å². The average Bonchev–Trinajstić information content (AvgIpc) is 3.24. The first-order valence-corrected chi connectivity index (χ1v) is 10.0. The summed E-state index contributed by atoms with van der Waals surface area (Å²) < 4.78 is 5.16. The van der Waals surface area contributed by atoms with Gasteiger partial charge in [0.05, 0.1) is 0 Å². The van der Waals surface area contributed by atoms with Gasteiger partial charge < -0.3 is 15.4 Å². The third kappa shape index (κ3) is 4.75. The molecule has 1 aromatic rings. The van der Waals surface area contributed by atoms with Crippen LogP contribution >= 0.6 is 0 Å². The summed E-state index contributed by atoms with van der Waals surface area (Å²) in [4.78, 5) is 50.0. The molecular weight excluding hydrogens is 374 g/mol. The van der Waals surface area contributed by atoms with Crippen molar-refractivity contribution < 1.29 is 23.9 Å². The molecule has 2 N–H and O–H groups in total. The van der Waals surface area contributed by atoms with Crippen molar-refractivity contribution >= 4 is 29.5 Å². The highest BCUT2D eigenvalue weighted by molar-refractivity contribution is 6.07. The molecule has 4 amide bonds. The first kappa shape index (κ1) is 20.8.